The number of nitrogens with zero attached hydrogens (tertiary/aromatic N) is 2. The monoisotopic (exact) mass is 246 g/mol. The number of rotatable bonds is 4. The second-order valence-electron chi connectivity index (χ2n) is 4.07. The molecule has 0 amide bonds. The minimum atomic E-state index is -0.415. The van der Waals surface area contributed by atoms with Gasteiger partial charge in [0.2, 0.25) is 0 Å². The van der Waals surface area contributed by atoms with E-state index in [9.17, 15) is 9.18 Å². The number of hydrogen-bond acceptors (Lipinski definition) is 2. The first-order valence-corrected chi connectivity index (χ1v) is 6.02. The molecule has 94 valence electrons. The molecule has 4 heteroatoms. The third-order valence-electron chi connectivity index (χ3n) is 2.90. The molecular formula is C14H15FN2O. The molecule has 0 aliphatic rings. The fraction of sp³-hybridized carbons (Fsp3) is 0.286. The molecule has 0 radical (unpaired) electrons. The molecule has 0 bridgehead atoms. The van der Waals surface area contributed by atoms with Gasteiger partial charge in [-0.3, -0.25) is 4.79 Å². The molecule has 2 rings (SSSR count). The molecule has 0 saturated heterocycles. The second-order valence-corrected chi connectivity index (χ2v) is 4.07. The van der Waals surface area contributed by atoms with E-state index in [-0.39, 0.29) is 0 Å². The fourth-order valence-corrected chi connectivity index (χ4v) is 1.92. The number of aromatic nitrogens is 2. The summed E-state index contributed by atoms with van der Waals surface area (Å²) in [7, 11) is 0. The number of carbonyl (C=O) groups excluding carboxylic acids is 1. The number of halogens is 1. The number of aryl methyl sites for hydroxylation is 2. The molecule has 1 aromatic carbocycles. The van der Waals surface area contributed by atoms with E-state index in [4.69, 9.17) is 0 Å². The van der Waals surface area contributed by atoms with E-state index in [1.165, 1.54) is 12.1 Å². The molecular weight excluding hydrogens is 231 g/mol. The number of carbonyl (C=O) groups is 1. The lowest BCUT2D eigenvalue weighted by Gasteiger charge is -2.08. The van der Waals surface area contributed by atoms with E-state index in [1.807, 2.05) is 19.9 Å². The van der Waals surface area contributed by atoms with Gasteiger partial charge in [-0.25, -0.2) is 9.07 Å². The van der Waals surface area contributed by atoms with Crippen LogP contribution in [-0.4, -0.2) is 16.1 Å². The number of benzene rings is 1. The van der Waals surface area contributed by atoms with Gasteiger partial charge >= 0.3 is 0 Å². The third kappa shape index (κ3) is 2.18. The summed E-state index contributed by atoms with van der Waals surface area (Å²) in [5.74, 6) is -0.415. The van der Waals surface area contributed by atoms with Crippen LogP contribution in [0.15, 0.2) is 24.3 Å². The molecule has 0 N–H and O–H groups in total. The Morgan fingerprint density at radius 2 is 2.06 bits per heavy atom. The highest BCUT2D eigenvalue weighted by molar-refractivity contribution is 5.80. The van der Waals surface area contributed by atoms with Crippen LogP contribution in [-0.2, 0) is 12.8 Å². The predicted octanol–water partition coefficient (Wildman–Crippen LogP) is 2.95. The summed E-state index contributed by atoms with van der Waals surface area (Å²) < 4.78 is 14.8. The van der Waals surface area contributed by atoms with Crippen molar-refractivity contribution in [3.63, 3.8) is 0 Å². The maximum Gasteiger partial charge on any atom is 0.152 e. The topological polar surface area (TPSA) is 34.9 Å². The minimum absolute atomic E-state index is 0.315. The molecule has 1 aromatic heterocycles. The van der Waals surface area contributed by atoms with Gasteiger partial charge < -0.3 is 0 Å². The van der Waals surface area contributed by atoms with E-state index in [0.717, 1.165) is 24.2 Å². The van der Waals surface area contributed by atoms with Gasteiger partial charge in [0, 0.05) is 11.3 Å². The summed E-state index contributed by atoms with van der Waals surface area (Å²) >= 11 is 0. The van der Waals surface area contributed by atoms with Gasteiger partial charge in [-0.1, -0.05) is 13.8 Å². The number of aldehydes is 1. The smallest absolute Gasteiger partial charge is 0.152 e. The second kappa shape index (κ2) is 5.12. The average Bonchev–Trinajstić information content (AvgIpc) is 2.81. The van der Waals surface area contributed by atoms with Crippen molar-refractivity contribution in [1.82, 2.24) is 9.78 Å². The predicted molar refractivity (Wildman–Crippen MR) is 67.7 cm³/mol. The van der Waals surface area contributed by atoms with Gasteiger partial charge in [0.1, 0.15) is 5.82 Å². The molecule has 0 fully saturated rings. The quantitative estimate of drug-likeness (QED) is 0.777. The highest BCUT2D eigenvalue weighted by Gasteiger charge is 2.11. The lowest BCUT2D eigenvalue weighted by atomic mass is 10.2. The Morgan fingerprint density at radius 3 is 2.67 bits per heavy atom. The van der Waals surface area contributed by atoms with Crippen LogP contribution in [0, 0.1) is 5.82 Å². The van der Waals surface area contributed by atoms with E-state index >= 15 is 0 Å². The minimum Gasteiger partial charge on any atom is -0.298 e. The standard InChI is InChI=1S/C14H15FN2O/c1-3-12-8-13(4-2)17(16-12)14-6-5-11(15)7-10(14)9-18/h5-9H,3-4H2,1-2H3. The first-order valence-electron chi connectivity index (χ1n) is 6.02. The average molecular weight is 246 g/mol. The molecule has 18 heavy (non-hydrogen) atoms. The Kier molecular flexibility index (Phi) is 3.55. The molecule has 0 atom stereocenters. The van der Waals surface area contributed by atoms with Crippen molar-refractivity contribution in [1.29, 1.82) is 0 Å². The summed E-state index contributed by atoms with van der Waals surface area (Å²) in [4.78, 5) is 11.0. The van der Waals surface area contributed by atoms with Crippen LogP contribution in [0.4, 0.5) is 4.39 Å². The van der Waals surface area contributed by atoms with Crippen LogP contribution < -0.4 is 0 Å². The van der Waals surface area contributed by atoms with Crippen molar-refractivity contribution in [2.75, 3.05) is 0 Å². The highest BCUT2D eigenvalue weighted by atomic mass is 19.1. The van der Waals surface area contributed by atoms with Crippen LogP contribution in [0.2, 0.25) is 0 Å². The zero-order chi connectivity index (χ0) is 13.1. The Labute approximate surface area is 105 Å². The Hall–Kier alpha value is -1.97. The summed E-state index contributed by atoms with van der Waals surface area (Å²) in [6.45, 7) is 4.05. The van der Waals surface area contributed by atoms with Crippen LogP contribution >= 0.6 is 0 Å². The Balaban J connectivity index is 2.60. The number of hydrogen-bond donors (Lipinski definition) is 0. The molecule has 2 aromatic rings. The zero-order valence-electron chi connectivity index (χ0n) is 10.5. The molecule has 0 spiro atoms. The van der Waals surface area contributed by atoms with Crippen molar-refractivity contribution in [2.24, 2.45) is 0 Å². The normalized spacial score (nSPS) is 10.6. The molecule has 0 aliphatic heterocycles. The molecule has 0 unspecified atom stereocenters. The molecule has 0 saturated carbocycles. The van der Waals surface area contributed by atoms with Crippen LogP contribution in [0.3, 0.4) is 0 Å². The summed E-state index contributed by atoms with van der Waals surface area (Å²) in [6.07, 6.45) is 2.30. The third-order valence-corrected chi connectivity index (χ3v) is 2.90. The van der Waals surface area contributed by atoms with Crippen LogP contribution in [0.5, 0.6) is 0 Å². The lowest BCUT2D eigenvalue weighted by Crippen LogP contribution is -2.05. The first-order chi connectivity index (χ1) is 8.69. The first kappa shape index (κ1) is 12.5. The Morgan fingerprint density at radius 1 is 1.28 bits per heavy atom. The fourth-order valence-electron chi connectivity index (χ4n) is 1.92. The van der Waals surface area contributed by atoms with Gasteiger partial charge in [0.15, 0.2) is 6.29 Å². The molecule has 1 heterocycles. The van der Waals surface area contributed by atoms with Crippen LogP contribution in [0.25, 0.3) is 5.69 Å². The summed E-state index contributed by atoms with van der Waals surface area (Å²) in [6, 6.07) is 6.17. The van der Waals surface area contributed by atoms with Gasteiger partial charge in [0.05, 0.1) is 11.4 Å². The van der Waals surface area contributed by atoms with Gasteiger partial charge in [-0.2, -0.15) is 5.10 Å². The Bertz CT molecular complexity index is 575. The zero-order valence-corrected chi connectivity index (χ0v) is 10.5. The lowest BCUT2D eigenvalue weighted by molar-refractivity contribution is 0.112. The summed E-state index contributed by atoms with van der Waals surface area (Å²) in [5, 5.41) is 4.44. The largest absolute Gasteiger partial charge is 0.298 e. The van der Waals surface area contributed by atoms with Gasteiger partial charge in [-0.05, 0) is 37.1 Å². The van der Waals surface area contributed by atoms with E-state index in [2.05, 4.69) is 5.10 Å². The van der Waals surface area contributed by atoms with E-state index < -0.39 is 5.82 Å². The van der Waals surface area contributed by atoms with E-state index in [1.54, 1.807) is 10.7 Å². The van der Waals surface area contributed by atoms with Gasteiger partial charge in [-0.15, -0.1) is 0 Å². The molecule has 3 nitrogen and oxygen atoms in total. The van der Waals surface area contributed by atoms with E-state index in [0.29, 0.717) is 17.5 Å². The van der Waals surface area contributed by atoms with Crippen molar-refractivity contribution in [3.8, 4) is 5.69 Å². The van der Waals surface area contributed by atoms with Crippen LogP contribution in [0.1, 0.15) is 35.6 Å². The van der Waals surface area contributed by atoms with Crippen molar-refractivity contribution < 1.29 is 9.18 Å². The maximum absolute atomic E-state index is 13.1. The van der Waals surface area contributed by atoms with Crippen molar-refractivity contribution >= 4 is 6.29 Å². The SMILES string of the molecule is CCc1cc(CC)n(-c2ccc(F)cc2C=O)n1. The maximum atomic E-state index is 13.1. The highest BCUT2D eigenvalue weighted by Crippen LogP contribution is 2.18. The van der Waals surface area contributed by atoms with Crippen molar-refractivity contribution in [2.45, 2.75) is 26.7 Å². The molecule has 0 aliphatic carbocycles. The van der Waals surface area contributed by atoms with Gasteiger partial charge in [0.25, 0.3) is 0 Å². The van der Waals surface area contributed by atoms with Crippen molar-refractivity contribution in [3.05, 3.63) is 47.0 Å². The summed E-state index contributed by atoms with van der Waals surface area (Å²) in [5.41, 5.74) is 2.92.